The molecule has 0 aliphatic heterocycles. The quantitative estimate of drug-likeness (QED) is 0.198. The fraction of sp³-hybridized carbons (Fsp3) is 0.167. The number of esters is 1. The second-order valence-electron chi connectivity index (χ2n) is 3.41. The zero-order valence-corrected chi connectivity index (χ0v) is 10.1. The van der Waals surface area contributed by atoms with Crippen molar-refractivity contribution >= 4 is 23.4 Å². The van der Waals surface area contributed by atoms with Crippen molar-refractivity contribution in [3.8, 4) is 0 Å². The first-order valence-corrected chi connectivity index (χ1v) is 5.27. The molecule has 0 bridgehead atoms. The van der Waals surface area contributed by atoms with Crippen LogP contribution in [0.2, 0.25) is 0 Å². The van der Waals surface area contributed by atoms with Crippen molar-refractivity contribution in [2.75, 3.05) is 13.7 Å². The standard InChI is InChI=1S/C12H11N3O4/c1-19-12(18)10(15-13)11(17)14-7-9(16)8-5-3-2-4-6-8/h2-6H,7H2,1H3,(H,14,17). The van der Waals surface area contributed by atoms with Gasteiger partial charge in [0.05, 0.1) is 13.7 Å². The van der Waals surface area contributed by atoms with Gasteiger partial charge < -0.3 is 15.6 Å². The van der Waals surface area contributed by atoms with Gasteiger partial charge in [-0.15, -0.1) is 0 Å². The highest BCUT2D eigenvalue weighted by molar-refractivity contribution is 6.61. The Morgan fingerprint density at radius 1 is 1.26 bits per heavy atom. The van der Waals surface area contributed by atoms with E-state index in [0.29, 0.717) is 5.56 Å². The molecule has 0 radical (unpaired) electrons. The van der Waals surface area contributed by atoms with E-state index in [1.165, 1.54) is 0 Å². The SMILES string of the molecule is COC(=O)C(=[N+]=[N-])C(=O)NCC(=O)c1ccccc1. The number of ether oxygens (including phenoxy) is 1. The van der Waals surface area contributed by atoms with E-state index in [1.54, 1.807) is 30.3 Å². The summed E-state index contributed by atoms with van der Waals surface area (Å²) in [6.07, 6.45) is 0. The molecule has 0 heterocycles. The molecule has 0 saturated carbocycles. The second-order valence-corrected chi connectivity index (χ2v) is 3.41. The minimum absolute atomic E-state index is 0.321. The van der Waals surface area contributed by atoms with Crippen LogP contribution >= 0.6 is 0 Å². The number of nitrogens with one attached hydrogen (secondary N) is 1. The Morgan fingerprint density at radius 2 is 1.89 bits per heavy atom. The Balaban J connectivity index is 2.63. The predicted octanol–water partition coefficient (Wildman–Crippen LogP) is -0.171. The maximum atomic E-state index is 11.7. The van der Waals surface area contributed by atoms with Crippen LogP contribution in [-0.2, 0) is 14.3 Å². The molecular formula is C12H11N3O4. The molecule has 7 heteroatoms. The van der Waals surface area contributed by atoms with Crippen LogP contribution in [0.25, 0.3) is 5.53 Å². The molecule has 0 aliphatic carbocycles. The van der Waals surface area contributed by atoms with Crippen LogP contribution in [0, 0.1) is 0 Å². The fourth-order valence-corrected chi connectivity index (χ4v) is 1.25. The summed E-state index contributed by atoms with van der Waals surface area (Å²) in [6, 6.07) is 8.31. The monoisotopic (exact) mass is 261 g/mol. The van der Waals surface area contributed by atoms with E-state index in [0.717, 1.165) is 7.11 Å². The number of carbonyl (C=O) groups is 3. The first-order chi connectivity index (χ1) is 9.10. The highest BCUT2D eigenvalue weighted by Crippen LogP contribution is 1.98. The van der Waals surface area contributed by atoms with Crippen molar-refractivity contribution in [3.05, 3.63) is 41.4 Å². The average molecular weight is 261 g/mol. The van der Waals surface area contributed by atoms with Gasteiger partial charge in [0.1, 0.15) is 0 Å². The molecule has 1 amide bonds. The van der Waals surface area contributed by atoms with Gasteiger partial charge in [-0.25, -0.2) is 4.79 Å². The van der Waals surface area contributed by atoms with E-state index < -0.39 is 17.6 Å². The van der Waals surface area contributed by atoms with E-state index in [9.17, 15) is 14.4 Å². The highest BCUT2D eigenvalue weighted by Gasteiger charge is 2.30. The smallest absolute Gasteiger partial charge is 0.460 e. The van der Waals surface area contributed by atoms with Gasteiger partial charge in [0.25, 0.3) is 0 Å². The van der Waals surface area contributed by atoms with Crippen LogP contribution < -0.4 is 5.32 Å². The molecule has 19 heavy (non-hydrogen) atoms. The van der Waals surface area contributed by atoms with Crippen LogP contribution in [-0.4, -0.2) is 41.8 Å². The molecule has 0 fully saturated rings. The Bertz CT molecular complexity index is 547. The topological polar surface area (TPSA) is 109 Å². The van der Waals surface area contributed by atoms with Gasteiger partial charge in [0.15, 0.2) is 5.78 Å². The summed E-state index contributed by atoms with van der Waals surface area (Å²) in [4.78, 5) is 36.7. The zero-order valence-electron chi connectivity index (χ0n) is 10.1. The predicted molar refractivity (Wildman–Crippen MR) is 64.4 cm³/mol. The van der Waals surface area contributed by atoms with Crippen LogP contribution in [0.4, 0.5) is 0 Å². The van der Waals surface area contributed by atoms with Crippen LogP contribution in [0.3, 0.4) is 0 Å². The number of rotatable bonds is 5. The van der Waals surface area contributed by atoms with Gasteiger partial charge in [0.2, 0.25) is 0 Å². The number of benzene rings is 1. The normalized spacial score (nSPS) is 9.11. The third kappa shape index (κ3) is 3.86. The van der Waals surface area contributed by atoms with Crippen LogP contribution in [0.15, 0.2) is 30.3 Å². The molecule has 0 aromatic heterocycles. The fourth-order valence-electron chi connectivity index (χ4n) is 1.25. The van der Waals surface area contributed by atoms with E-state index in [4.69, 9.17) is 5.53 Å². The Labute approximate surface area is 108 Å². The lowest BCUT2D eigenvalue weighted by Gasteiger charge is -2.01. The average Bonchev–Trinajstić information content (AvgIpc) is 2.46. The molecule has 0 atom stereocenters. The lowest BCUT2D eigenvalue weighted by molar-refractivity contribution is -0.140. The van der Waals surface area contributed by atoms with Gasteiger partial charge >= 0.3 is 17.6 Å². The molecule has 0 unspecified atom stereocenters. The van der Waals surface area contributed by atoms with Crippen molar-refractivity contribution in [1.82, 2.24) is 5.32 Å². The number of hydrogen-bond donors (Lipinski definition) is 1. The number of carbonyl (C=O) groups excluding carboxylic acids is 3. The molecule has 1 rings (SSSR count). The van der Waals surface area contributed by atoms with E-state index in [2.05, 4.69) is 14.8 Å². The van der Waals surface area contributed by atoms with Crippen molar-refractivity contribution in [1.29, 1.82) is 0 Å². The van der Waals surface area contributed by atoms with E-state index in [-0.39, 0.29) is 12.3 Å². The molecule has 1 aromatic rings. The van der Waals surface area contributed by atoms with Gasteiger partial charge in [0, 0.05) is 5.56 Å². The summed E-state index contributed by atoms with van der Waals surface area (Å²) in [5.41, 5.74) is 8.13. The number of ketones is 1. The van der Waals surface area contributed by atoms with Crippen molar-refractivity contribution < 1.29 is 23.9 Å². The molecule has 0 saturated heterocycles. The van der Waals surface area contributed by atoms with Crippen molar-refractivity contribution in [2.24, 2.45) is 0 Å². The van der Waals surface area contributed by atoms with Crippen LogP contribution in [0.1, 0.15) is 10.4 Å². The number of hydrogen-bond acceptors (Lipinski definition) is 4. The number of methoxy groups -OCH3 is 1. The maximum absolute atomic E-state index is 11.7. The van der Waals surface area contributed by atoms with Gasteiger partial charge in [-0.1, -0.05) is 30.3 Å². The van der Waals surface area contributed by atoms with Gasteiger partial charge in [-0.05, 0) is 0 Å². The summed E-state index contributed by atoms with van der Waals surface area (Å²) in [7, 11) is 1.04. The molecule has 1 aromatic carbocycles. The minimum atomic E-state index is -1.09. The minimum Gasteiger partial charge on any atom is -0.460 e. The third-order valence-electron chi connectivity index (χ3n) is 2.20. The number of amides is 1. The summed E-state index contributed by atoms with van der Waals surface area (Å²) in [5, 5.41) is 2.17. The maximum Gasteiger partial charge on any atom is 0.462 e. The first-order valence-electron chi connectivity index (χ1n) is 5.27. The molecule has 7 nitrogen and oxygen atoms in total. The Morgan fingerprint density at radius 3 is 2.42 bits per heavy atom. The largest absolute Gasteiger partial charge is 0.462 e. The van der Waals surface area contributed by atoms with E-state index >= 15 is 0 Å². The van der Waals surface area contributed by atoms with Gasteiger partial charge in [-0.3, -0.25) is 9.59 Å². The molecule has 1 N–H and O–H groups in total. The van der Waals surface area contributed by atoms with Crippen molar-refractivity contribution in [2.45, 2.75) is 0 Å². The van der Waals surface area contributed by atoms with Gasteiger partial charge in [-0.2, -0.15) is 4.79 Å². The Hall–Kier alpha value is -2.79. The number of nitrogens with zero attached hydrogens (tertiary/aromatic N) is 2. The van der Waals surface area contributed by atoms with E-state index in [1.807, 2.05) is 0 Å². The molecular weight excluding hydrogens is 250 g/mol. The summed E-state index contributed by atoms with van der Waals surface area (Å²) in [6.45, 7) is -0.321. The lowest BCUT2D eigenvalue weighted by atomic mass is 10.1. The lowest BCUT2D eigenvalue weighted by Crippen LogP contribution is -2.39. The summed E-state index contributed by atoms with van der Waals surface area (Å²) < 4.78 is 4.24. The summed E-state index contributed by atoms with van der Waals surface area (Å²) in [5.74, 6) is -2.41. The third-order valence-corrected chi connectivity index (χ3v) is 2.20. The zero-order chi connectivity index (χ0) is 14.3. The number of Topliss-reactive ketones (excluding diaryl/α,β-unsaturated/α-hetero) is 1. The second kappa shape index (κ2) is 6.83. The van der Waals surface area contributed by atoms with Crippen LogP contribution in [0.5, 0.6) is 0 Å². The molecule has 0 spiro atoms. The summed E-state index contributed by atoms with van der Waals surface area (Å²) >= 11 is 0. The molecule has 98 valence electrons. The highest BCUT2D eigenvalue weighted by atomic mass is 16.5. The van der Waals surface area contributed by atoms with Crippen molar-refractivity contribution in [3.63, 3.8) is 0 Å². The Kier molecular flexibility index (Phi) is 5.13. The molecule has 0 aliphatic rings. The first kappa shape index (κ1) is 14.3.